The zero-order chi connectivity index (χ0) is 15.1. The predicted octanol–water partition coefficient (Wildman–Crippen LogP) is 3.54. The summed E-state index contributed by atoms with van der Waals surface area (Å²) in [6.45, 7) is 0. The van der Waals surface area contributed by atoms with E-state index in [0.29, 0.717) is 12.0 Å². The molecule has 102 valence electrons. The van der Waals surface area contributed by atoms with Crippen LogP contribution in [0.2, 0.25) is 0 Å². The first kappa shape index (κ1) is 14.5. The Morgan fingerprint density at radius 2 is 1.62 bits per heavy atom. The highest BCUT2D eigenvalue weighted by Crippen LogP contribution is 2.34. The lowest BCUT2D eigenvalue weighted by Crippen LogP contribution is -2.11. The first-order valence-corrected chi connectivity index (χ1v) is 6.68. The summed E-state index contributed by atoms with van der Waals surface area (Å²) in [7, 11) is 0. The Morgan fingerprint density at radius 1 is 0.952 bits per heavy atom. The summed E-state index contributed by atoms with van der Waals surface area (Å²) in [6, 6.07) is 20.9. The monoisotopic (exact) mass is 274 g/mol. The van der Waals surface area contributed by atoms with E-state index < -0.39 is 5.92 Å². The van der Waals surface area contributed by atoms with Crippen molar-refractivity contribution in [3.63, 3.8) is 0 Å². The molecule has 0 spiro atoms. The van der Waals surface area contributed by atoms with Crippen molar-refractivity contribution in [1.82, 2.24) is 0 Å². The van der Waals surface area contributed by atoms with Crippen LogP contribution in [0, 0.1) is 22.7 Å². The first-order valence-electron chi connectivity index (χ1n) is 6.68. The molecule has 0 unspecified atom stereocenters. The Bertz CT molecular complexity index is 678. The molecule has 0 saturated heterocycles. The number of rotatable bonds is 5. The maximum atomic E-state index is 11.0. The van der Waals surface area contributed by atoms with Gasteiger partial charge in [0.15, 0.2) is 0 Å². The van der Waals surface area contributed by atoms with Gasteiger partial charge in [-0.25, -0.2) is 0 Å². The lowest BCUT2D eigenvalue weighted by Gasteiger charge is -2.21. The minimum atomic E-state index is -0.412. The van der Waals surface area contributed by atoms with Crippen LogP contribution < -0.4 is 0 Å². The Kier molecular flexibility index (Phi) is 4.85. The van der Waals surface area contributed by atoms with Crippen LogP contribution in [-0.2, 0) is 4.79 Å². The fraction of sp³-hybridized carbons (Fsp3) is 0.167. The van der Waals surface area contributed by atoms with Crippen LogP contribution in [-0.4, -0.2) is 6.29 Å². The standard InChI is InChI=1S/C18H14N2O/c19-12-14-6-8-16(9-7-14)18(13-20)17(10-11-21)15-4-2-1-3-5-15/h1-9,11,17-18H,10H2/t17-,18-/m1/s1. The van der Waals surface area contributed by atoms with Gasteiger partial charge in [0.25, 0.3) is 0 Å². The average molecular weight is 274 g/mol. The fourth-order valence-electron chi connectivity index (χ4n) is 2.43. The summed E-state index contributed by atoms with van der Waals surface area (Å²) >= 11 is 0. The molecule has 0 amide bonds. The zero-order valence-corrected chi connectivity index (χ0v) is 11.4. The van der Waals surface area contributed by atoms with Crippen LogP contribution in [0.1, 0.15) is 34.9 Å². The van der Waals surface area contributed by atoms with Gasteiger partial charge in [-0.05, 0) is 23.3 Å². The van der Waals surface area contributed by atoms with E-state index in [9.17, 15) is 10.1 Å². The molecule has 2 aromatic carbocycles. The largest absolute Gasteiger partial charge is 0.303 e. The molecule has 0 aliphatic rings. The predicted molar refractivity (Wildman–Crippen MR) is 79.4 cm³/mol. The molecular formula is C18H14N2O. The second-order valence-electron chi connectivity index (χ2n) is 4.76. The van der Waals surface area contributed by atoms with E-state index in [1.807, 2.05) is 30.3 Å². The first-order chi connectivity index (χ1) is 10.3. The molecular weight excluding hydrogens is 260 g/mol. The van der Waals surface area contributed by atoms with Gasteiger partial charge in [-0.2, -0.15) is 10.5 Å². The summed E-state index contributed by atoms with van der Waals surface area (Å²) in [4.78, 5) is 11.0. The molecule has 3 nitrogen and oxygen atoms in total. The van der Waals surface area contributed by atoms with E-state index in [2.05, 4.69) is 12.1 Å². The molecule has 0 aliphatic heterocycles. The Hall–Kier alpha value is -2.91. The normalized spacial score (nSPS) is 12.7. The SMILES string of the molecule is N#Cc1ccc([C@@H](C#N)[C@H](CC=O)c2ccccc2)cc1. The van der Waals surface area contributed by atoms with Gasteiger partial charge in [0.2, 0.25) is 0 Å². The molecule has 0 N–H and O–H groups in total. The van der Waals surface area contributed by atoms with Crippen LogP contribution in [0.25, 0.3) is 0 Å². The highest BCUT2D eigenvalue weighted by molar-refractivity contribution is 5.53. The van der Waals surface area contributed by atoms with Crippen LogP contribution >= 0.6 is 0 Å². The lowest BCUT2D eigenvalue weighted by atomic mass is 9.80. The summed E-state index contributed by atoms with van der Waals surface area (Å²) in [6.07, 6.45) is 1.15. The second-order valence-corrected chi connectivity index (χ2v) is 4.76. The van der Waals surface area contributed by atoms with Gasteiger partial charge in [-0.15, -0.1) is 0 Å². The molecule has 2 aromatic rings. The van der Waals surface area contributed by atoms with E-state index in [0.717, 1.165) is 17.4 Å². The molecule has 0 saturated carbocycles. The molecule has 3 heteroatoms. The minimum Gasteiger partial charge on any atom is -0.303 e. The van der Waals surface area contributed by atoms with Gasteiger partial charge in [-0.3, -0.25) is 0 Å². The van der Waals surface area contributed by atoms with Gasteiger partial charge < -0.3 is 4.79 Å². The molecule has 0 radical (unpaired) electrons. The van der Waals surface area contributed by atoms with E-state index in [1.54, 1.807) is 24.3 Å². The maximum absolute atomic E-state index is 11.0. The van der Waals surface area contributed by atoms with E-state index >= 15 is 0 Å². The minimum absolute atomic E-state index is 0.179. The van der Waals surface area contributed by atoms with Crippen LogP contribution in [0.15, 0.2) is 54.6 Å². The topological polar surface area (TPSA) is 64.7 Å². The average Bonchev–Trinajstić information content (AvgIpc) is 2.56. The van der Waals surface area contributed by atoms with E-state index in [-0.39, 0.29) is 5.92 Å². The van der Waals surface area contributed by atoms with Crippen molar-refractivity contribution in [3.8, 4) is 12.1 Å². The molecule has 0 aromatic heterocycles. The third kappa shape index (κ3) is 3.35. The van der Waals surface area contributed by atoms with Crippen molar-refractivity contribution in [3.05, 3.63) is 71.3 Å². The smallest absolute Gasteiger partial charge is 0.120 e. The lowest BCUT2D eigenvalue weighted by molar-refractivity contribution is -0.108. The van der Waals surface area contributed by atoms with Gasteiger partial charge in [0.05, 0.1) is 23.6 Å². The number of hydrogen-bond donors (Lipinski definition) is 0. The van der Waals surface area contributed by atoms with Crippen molar-refractivity contribution in [2.45, 2.75) is 18.3 Å². The quantitative estimate of drug-likeness (QED) is 0.783. The second kappa shape index (κ2) is 7.03. The Labute approximate surface area is 124 Å². The summed E-state index contributed by atoms with van der Waals surface area (Å²) in [5.41, 5.74) is 2.36. The number of hydrogen-bond acceptors (Lipinski definition) is 3. The van der Waals surface area contributed by atoms with E-state index in [4.69, 9.17) is 5.26 Å². The summed E-state index contributed by atoms with van der Waals surface area (Å²) in [5, 5.41) is 18.4. The number of nitrogens with zero attached hydrogens (tertiary/aromatic N) is 2. The molecule has 21 heavy (non-hydrogen) atoms. The van der Waals surface area contributed by atoms with E-state index in [1.165, 1.54) is 0 Å². The molecule has 0 fully saturated rings. The third-order valence-corrected chi connectivity index (χ3v) is 3.52. The number of carbonyl (C=O) groups is 1. The summed E-state index contributed by atoms with van der Waals surface area (Å²) < 4.78 is 0. The molecule has 0 aliphatic carbocycles. The number of aldehydes is 1. The zero-order valence-electron chi connectivity index (χ0n) is 11.4. The Morgan fingerprint density at radius 3 is 2.14 bits per heavy atom. The third-order valence-electron chi connectivity index (χ3n) is 3.52. The van der Waals surface area contributed by atoms with Gasteiger partial charge in [0, 0.05) is 12.3 Å². The number of carbonyl (C=O) groups excluding carboxylic acids is 1. The van der Waals surface area contributed by atoms with Gasteiger partial charge in [0.1, 0.15) is 6.29 Å². The highest BCUT2D eigenvalue weighted by atomic mass is 16.1. The molecule has 2 rings (SSSR count). The Balaban J connectivity index is 2.38. The van der Waals surface area contributed by atoms with Gasteiger partial charge >= 0.3 is 0 Å². The molecule has 0 bridgehead atoms. The van der Waals surface area contributed by atoms with Crippen molar-refractivity contribution in [2.75, 3.05) is 0 Å². The molecule has 2 atom stereocenters. The number of nitriles is 2. The highest BCUT2D eigenvalue weighted by Gasteiger charge is 2.24. The van der Waals surface area contributed by atoms with Crippen molar-refractivity contribution in [2.24, 2.45) is 0 Å². The molecule has 0 heterocycles. The summed E-state index contributed by atoms with van der Waals surface area (Å²) in [5.74, 6) is -0.591. The van der Waals surface area contributed by atoms with Crippen molar-refractivity contribution >= 4 is 6.29 Å². The number of benzene rings is 2. The van der Waals surface area contributed by atoms with Crippen LogP contribution in [0.5, 0.6) is 0 Å². The van der Waals surface area contributed by atoms with Crippen LogP contribution in [0.3, 0.4) is 0 Å². The van der Waals surface area contributed by atoms with Gasteiger partial charge in [-0.1, -0.05) is 42.5 Å². The van der Waals surface area contributed by atoms with Crippen molar-refractivity contribution < 1.29 is 4.79 Å². The maximum Gasteiger partial charge on any atom is 0.120 e. The van der Waals surface area contributed by atoms with Crippen molar-refractivity contribution in [1.29, 1.82) is 10.5 Å². The van der Waals surface area contributed by atoms with Crippen LogP contribution in [0.4, 0.5) is 0 Å². The fourth-order valence-corrected chi connectivity index (χ4v) is 2.43.